The molecule has 0 amide bonds. The van der Waals surface area contributed by atoms with Gasteiger partial charge in [0.1, 0.15) is 11.3 Å². The van der Waals surface area contributed by atoms with Crippen LogP contribution in [0.3, 0.4) is 0 Å². The first-order chi connectivity index (χ1) is 13.4. The summed E-state index contributed by atoms with van der Waals surface area (Å²) in [6.45, 7) is 3.13. The third kappa shape index (κ3) is 3.17. The van der Waals surface area contributed by atoms with Crippen LogP contribution in [0.25, 0.3) is 34.2 Å². The number of para-hydroxylation sites is 3. The average molecular weight is 357 g/mol. The number of rotatable bonds is 3. The highest BCUT2D eigenvalue weighted by molar-refractivity contribution is 5.87. The maximum atomic E-state index is 5.81. The Morgan fingerprint density at radius 2 is 1.63 bits per heavy atom. The number of pyridine rings is 1. The molecule has 0 aliphatic carbocycles. The van der Waals surface area contributed by atoms with Crippen molar-refractivity contribution in [2.24, 2.45) is 0 Å². The SMILES string of the molecule is C(=Cc1cc2ccccc2nc1N1CCOCC1)c1nc2ccccc2o1. The summed E-state index contributed by atoms with van der Waals surface area (Å²) in [6, 6.07) is 18.2. The molecule has 27 heavy (non-hydrogen) atoms. The Balaban J connectivity index is 1.57. The van der Waals surface area contributed by atoms with Crippen LogP contribution in [0.4, 0.5) is 5.82 Å². The van der Waals surface area contributed by atoms with E-state index in [-0.39, 0.29) is 0 Å². The lowest BCUT2D eigenvalue weighted by molar-refractivity contribution is 0.122. The number of hydrogen-bond acceptors (Lipinski definition) is 5. The monoisotopic (exact) mass is 357 g/mol. The Labute approximate surface area is 156 Å². The molecule has 0 spiro atoms. The molecule has 1 aliphatic rings. The molecular formula is C22H19N3O2. The Hall–Kier alpha value is -3.18. The quantitative estimate of drug-likeness (QED) is 0.544. The van der Waals surface area contributed by atoms with Crippen LogP contribution in [0, 0.1) is 0 Å². The molecule has 5 nitrogen and oxygen atoms in total. The lowest BCUT2D eigenvalue weighted by Crippen LogP contribution is -2.37. The lowest BCUT2D eigenvalue weighted by Gasteiger charge is -2.29. The molecule has 134 valence electrons. The summed E-state index contributed by atoms with van der Waals surface area (Å²) < 4.78 is 11.3. The zero-order valence-corrected chi connectivity index (χ0v) is 14.8. The third-order valence-corrected chi connectivity index (χ3v) is 4.76. The molecule has 0 atom stereocenters. The molecule has 0 saturated carbocycles. The minimum atomic E-state index is 0.595. The first kappa shape index (κ1) is 16.0. The van der Waals surface area contributed by atoms with Crippen molar-refractivity contribution in [2.75, 3.05) is 31.2 Å². The molecule has 1 saturated heterocycles. The van der Waals surface area contributed by atoms with E-state index >= 15 is 0 Å². The molecule has 0 unspecified atom stereocenters. The van der Waals surface area contributed by atoms with Crippen molar-refractivity contribution in [2.45, 2.75) is 0 Å². The fourth-order valence-corrected chi connectivity index (χ4v) is 3.40. The Kier molecular flexibility index (Phi) is 4.07. The van der Waals surface area contributed by atoms with Crippen molar-refractivity contribution < 1.29 is 9.15 Å². The number of morpholine rings is 1. The van der Waals surface area contributed by atoms with Crippen molar-refractivity contribution in [3.05, 3.63) is 66.1 Å². The topological polar surface area (TPSA) is 51.4 Å². The van der Waals surface area contributed by atoms with Gasteiger partial charge in [-0.3, -0.25) is 0 Å². The molecule has 1 fully saturated rings. The standard InChI is InChI=1S/C22H19N3O2/c1-2-6-18-16(5-1)15-17(22(24-18)25-11-13-26-14-12-25)9-10-21-23-19-7-3-4-8-20(19)27-21/h1-10,15H,11-14H2. The number of aromatic nitrogens is 2. The fourth-order valence-electron chi connectivity index (χ4n) is 3.40. The van der Waals surface area contributed by atoms with Gasteiger partial charge in [-0.25, -0.2) is 9.97 Å². The van der Waals surface area contributed by atoms with Crippen LogP contribution in [0.1, 0.15) is 11.5 Å². The predicted octanol–water partition coefficient (Wildman–Crippen LogP) is 4.38. The van der Waals surface area contributed by atoms with Crippen LogP contribution >= 0.6 is 0 Å². The number of hydrogen-bond donors (Lipinski definition) is 0. The molecular weight excluding hydrogens is 338 g/mol. The third-order valence-electron chi connectivity index (χ3n) is 4.76. The summed E-state index contributed by atoms with van der Waals surface area (Å²) in [4.78, 5) is 11.7. The minimum absolute atomic E-state index is 0.595. The van der Waals surface area contributed by atoms with Crippen LogP contribution < -0.4 is 4.90 Å². The molecule has 5 heteroatoms. The van der Waals surface area contributed by atoms with Crippen LogP contribution in [-0.2, 0) is 4.74 Å². The molecule has 2 aromatic heterocycles. The largest absolute Gasteiger partial charge is 0.437 e. The fraction of sp³-hybridized carbons (Fsp3) is 0.182. The van der Waals surface area contributed by atoms with Crippen molar-refractivity contribution in [1.82, 2.24) is 9.97 Å². The molecule has 2 aromatic carbocycles. The van der Waals surface area contributed by atoms with Crippen molar-refractivity contribution in [1.29, 1.82) is 0 Å². The smallest absolute Gasteiger partial charge is 0.220 e. The number of ether oxygens (including phenoxy) is 1. The zero-order chi connectivity index (χ0) is 18.1. The van der Waals surface area contributed by atoms with E-state index in [9.17, 15) is 0 Å². The number of anilines is 1. The molecule has 0 radical (unpaired) electrons. The van der Waals surface area contributed by atoms with Crippen LogP contribution in [0.2, 0.25) is 0 Å². The molecule has 1 aliphatic heterocycles. The summed E-state index contributed by atoms with van der Waals surface area (Å²) in [6.07, 6.45) is 3.95. The number of nitrogens with zero attached hydrogens (tertiary/aromatic N) is 3. The highest BCUT2D eigenvalue weighted by Crippen LogP contribution is 2.26. The van der Waals surface area contributed by atoms with E-state index in [1.807, 2.05) is 54.6 Å². The van der Waals surface area contributed by atoms with Crippen molar-refractivity contribution in [3.8, 4) is 0 Å². The Bertz CT molecular complexity index is 1090. The highest BCUT2D eigenvalue weighted by Gasteiger charge is 2.16. The van der Waals surface area contributed by atoms with Gasteiger partial charge in [0.15, 0.2) is 5.58 Å². The van der Waals surface area contributed by atoms with Crippen LogP contribution in [-0.4, -0.2) is 36.3 Å². The van der Waals surface area contributed by atoms with Crippen LogP contribution in [0.5, 0.6) is 0 Å². The summed E-state index contributed by atoms with van der Waals surface area (Å²) in [7, 11) is 0. The van der Waals surface area contributed by atoms with E-state index in [0.29, 0.717) is 5.89 Å². The van der Waals surface area contributed by atoms with E-state index < -0.39 is 0 Å². The summed E-state index contributed by atoms with van der Waals surface area (Å²) in [5, 5.41) is 1.12. The van der Waals surface area contributed by atoms with Gasteiger partial charge in [0.05, 0.1) is 18.7 Å². The average Bonchev–Trinajstić information content (AvgIpc) is 3.15. The molecule has 0 N–H and O–H groups in total. The van der Waals surface area contributed by atoms with Crippen molar-refractivity contribution in [3.63, 3.8) is 0 Å². The maximum Gasteiger partial charge on any atom is 0.220 e. The minimum Gasteiger partial charge on any atom is -0.437 e. The zero-order valence-electron chi connectivity index (χ0n) is 14.8. The molecule has 5 rings (SSSR count). The highest BCUT2D eigenvalue weighted by atomic mass is 16.5. The van der Waals surface area contributed by atoms with E-state index in [4.69, 9.17) is 14.1 Å². The summed E-state index contributed by atoms with van der Waals surface area (Å²) in [5.41, 5.74) is 3.71. The van der Waals surface area contributed by atoms with Gasteiger partial charge in [-0.15, -0.1) is 0 Å². The predicted molar refractivity (Wildman–Crippen MR) is 108 cm³/mol. The van der Waals surface area contributed by atoms with Gasteiger partial charge in [0.2, 0.25) is 5.89 Å². The van der Waals surface area contributed by atoms with Gasteiger partial charge in [0.25, 0.3) is 0 Å². The van der Waals surface area contributed by atoms with E-state index in [2.05, 4.69) is 22.0 Å². The first-order valence-electron chi connectivity index (χ1n) is 9.13. The normalized spacial score (nSPS) is 15.2. The van der Waals surface area contributed by atoms with Crippen LogP contribution in [0.15, 0.2) is 59.0 Å². The van der Waals surface area contributed by atoms with Gasteiger partial charge in [0, 0.05) is 30.1 Å². The molecule has 4 aromatic rings. The van der Waals surface area contributed by atoms with E-state index in [1.54, 1.807) is 0 Å². The second kappa shape index (κ2) is 6.85. The van der Waals surface area contributed by atoms with Crippen molar-refractivity contribution >= 4 is 40.0 Å². The maximum absolute atomic E-state index is 5.81. The number of fused-ring (bicyclic) bond motifs is 2. The lowest BCUT2D eigenvalue weighted by atomic mass is 10.1. The molecule has 0 bridgehead atoms. The second-order valence-corrected chi connectivity index (χ2v) is 6.55. The van der Waals surface area contributed by atoms with Gasteiger partial charge in [-0.2, -0.15) is 0 Å². The van der Waals surface area contributed by atoms with Gasteiger partial charge < -0.3 is 14.1 Å². The number of oxazole rings is 1. The van der Waals surface area contributed by atoms with E-state index in [0.717, 1.165) is 59.7 Å². The first-order valence-corrected chi connectivity index (χ1v) is 9.13. The molecule has 3 heterocycles. The Morgan fingerprint density at radius 1 is 0.852 bits per heavy atom. The Morgan fingerprint density at radius 3 is 2.48 bits per heavy atom. The van der Waals surface area contributed by atoms with Gasteiger partial charge in [-0.1, -0.05) is 30.3 Å². The second-order valence-electron chi connectivity index (χ2n) is 6.55. The van der Waals surface area contributed by atoms with Gasteiger partial charge >= 0.3 is 0 Å². The summed E-state index contributed by atoms with van der Waals surface area (Å²) >= 11 is 0. The number of benzene rings is 2. The summed E-state index contributed by atoms with van der Waals surface area (Å²) in [5.74, 6) is 1.57. The van der Waals surface area contributed by atoms with E-state index in [1.165, 1.54) is 0 Å². The van der Waals surface area contributed by atoms with Gasteiger partial charge in [-0.05, 0) is 30.3 Å².